The van der Waals surface area contributed by atoms with Crippen molar-refractivity contribution in [3.63, 3.8) is 0 Å². The Morgan fingerprint density at radius 3 is 2.68 bits per heavy atom. The van der Waals surface area contributed by atoms with Crippen LogP contribution in [0.2, 0.25) is 0 Å². The molecule has 2 aromatic heterocycles. The summed E-state index contributed by atoms with van der Waals surface area (Å²) in [5.41, 5.74) is 0.126. The maximum absolute atomic E-state index is 10.5. The lowest BCUT2D eigenvalue weighted by molar-refractivity contribution is 0.208. The first-order valence-electron chi connectivity index (χ1n) is 6.72. The van der Waals surface area contributed by atoms with Crippen LogP contribution in [0.3, 0.4) is 0 Å². The molecule has 0 aromatic carbocycles. The highest BCUT2D eigenvalue weighted by molar-refractivity contribution is 7.12. The van der Waals surface area contributed by atoms with Gasteiger partial charge in [0.05, 0.1) is 0 Å². The number of aryl methyl sites for hydroxylation is 1. The van der Waals surface area contributed by atoms with Crippen LogP contribution in [0.25, 0.3) is 0 Å². The summed E-state index contributed by atoms with van der Waals surface area (Å²) >= 11 is 1.67. The van der Waals surface area contributed by atoms with E-state index < -0.39 is 6.10 Å². The Hall–Kier alpha value is -1.13. The van der Waals surface area contributed by atoms with Crippen molar-refractivity contribution in [2.24, 2.45) is 0 Å². The lowest BCUT2D eigenvalue weighted by Gasteiger charge is -2.16. The molecule has 0 amide bonds. The fourth-order valence-corrected chi connectivity index (χ4v) is 3.08. The number of hydrogen-bond acceptors (Lipinski definition) is 3. The van der Waals surface area contributed by atoms with Gasteiger partial charge >= 0.3 is 0 Å². The molecule has 1 atom stereocenters. The number of aliphatic hydroxyl groups is 1. The van der Waals surface area contributed by atoms with E-state index in [-0.39, 0.29) is 5.41 Å². The molecule has 0 bridgehead atoms. The van der Waals surface area contributed by atoms with E-state index in [4.69, 9.17) is 0 Å². The third kappa shape index (κ3) is 3.07. The van der Waals surface area contributed by atoms with E-state index >= 15 is 0 Å². The number of hydrogen-bond donors (Lipinski definition) is 1. The lowest BCUT2D eigenvalue weighted by atomic mass is 9.95. The second-order valence-corrected chi connectivity index (χ2v) is 6.95. The molecule has 19 heavy (non-hydrogen) atoms. The van der Waals surface area contributed by atoms with Gasteiger partial charge in [0.15, 0.2) is 0 Å². The summed E-state index contributed by atoms with van der Waals surface area (Å²) < 4.78 is 2.03. The zero-order valence-corrected chi connectivity index (χ0v) is 12.9. The first kappa shape index (κ1) is 14.3. The summed E-state index contributed by atoms with van der Waals surface area (Å²) in [5.74, 6) is 0.740. The number of aliphatic hydroxyl groups excluding tert-OH is 1. The van der Waals surface area contributed by atoms with Crippen LogP contribution >= 0.6 is 11.3 Å². The molecule has 0 aliphatic carbocycles. The van der Waals surface area contributed by atoms with Crippen molar-refractivity contribution in [1.82, 2.24) is 9.55 Å². The summed E-state index contributed by atoms with van der Waals surface area (Å²) in [6, 6.07) is 4.12. The van der Waals surface area contributed by atoms with Crippen LogP contribution in [0.1, 0.15) is 55.8 Å². The van der Waals surface area contributed by atoms with E-state index in [1.165, 1.54) is 4.88 Å². The fraction of sp³-hybridized carbons (Fsp3) is 0.533. The zero-order chi connectivity index (χ0) is 14.0. The van der Waals surface area contributed by atoms with E-state index in [1.807, 2.05) is 16.8 Å². The Morgan fingerprint density at radius 2 is 2.11 bits per heavy atom. The van der Waals surface area contributed by atoms with Gasteiger partial charge in [0.2, 0.25) is 0 Å². The second-order valence-electron chi connectivity index (χ2n) is 5.83. The van der Waals surface area contributed by atoms with Crippen LogP contribution < -0.4 is 0 Å². The maximum Gasteiger partial charge on any atom is 0.146 e. The van der Waals surface area contributed by atoms with Gasteiger partial charge < -0.3 is 9.67 Å². The minimum Gasteiger partial charge on any atom is -0.380 e. The Morgan fingerprint density at radius 1 is 1.37 bits per heavy atom. The Bertz CT molecular complexity index is 536. The molecule has 2 heterocycles. The van der Waals surface area contributed by atoms with E-state index in [0.29, 0.717) is 0 Å². The summed E-state index contributed by atoms with van der Waals surface area (Å²) in [6.07, 6.45) is 4.10. The van der Waals surface area contributed by atoms with Gasteiger partial charge in [-0.1, -0.05) is 27.7 Å². The molecule has 0 aliphatic rings. The highest BCUT2D eigenvalue weighted by Gasteiger charge is 2.21. The largest absolute Gasteiger partial charge is 0.380 e. The molecule has 104 valence electrons. The Balaban J connectivity index is 2.26. The van der Waals surface area contributed by atoms with Gasteiger partial charge in [0, 0.05) is 28.7 Å². The number of imidazole rings is 1. The third-order valence-electron chi connectivity index (χ3n) is 3.09. The summed E-state index contributed by atoms with van der Waals surface area (Å²) in [6.45, 7) is 9.58. The minimum atomic E-state index is -0.623. The Labute approximate surface area is 118 Å². The normalized spacial score (nSPS) is 13.7. The predicted molar refractivity (Wildman–Crippen MR) is 79.6 cm³/mol. The van der Waals surface area contributed by atoms with E-state index in [2.05, 4.69) is 38.7 Å². The zero-order valence-electron chi connectivity index (χ0n) is 12.1. The van der Waals surface area contributed by atoms with E-state index in [1.54, 1.807) is 17.5 Å². The van der Waals surface area contributed by atoms with Crippen molar-refractivity contribution < 1.29 is 5.11 Å². The average molecular weight is 278 g/mol. The van der Waals surface area contributed by atoms with Gasteiger partial charge in [-0.25, -0.2) is 4.98 Å². The molecule has 4 heteroatoms. The molecule has 0 fully saturated rings. The van der Waals surface area contributed by atoms with Gasteiger partial charge in [-0.2, -0.15) is 0 Å². The molecule has 0 saturated heterocycles. The topological polar surface area (TPSA) is 38.0 Å². The van der Waals surface area contributed by atoms with Gasteiger partial charge in [-0.15, -0.1) is 11.3 Å². The molecule has 1 N–H and O–H groups in total. The minimum absolute atomic E-state index is 0.126. The van der Waals surface area contributed by atoms with Crippen molar-refractivity contribution in [3.8, 4) is 0 Å². The second kappa shape index (κ2) is 5.47. The lowest BCUT2D eigenvalue weighted by Crippen LogP contribution is -2.09. The standard InChI is InChI=1S/C15H22N2OS/c1-5-9-17-10-8-16-14(17)13(18)11-6-7-12(19-11)15(2,3)4/h6-8,10,13,18H,5,9H2,1-4H3. The molecular weight excluding hydrogens is 256 g/mol. The molecule has 0 saturated carbocycles. The molecule has 2 aromatic rings. The molecule has 1 unspecified atom stereocenters. The SMILES string of the molecule is CCCn1ccnc1C(O)c1ccc(C(C)(C)C)s1. The highest BCUT2D eigenvalue weighted by atomic mass is 32.1. The maximum atomic E-state index is 10.5. The first-order valence-corrected chi connectivity index (χ1v) is 7.54. The predicted octanol–water partition coefficient (Wildman–Crippen LogP) is 3.73. The fourth-order valence-electron chi connectivity index (χ4n) is 2.03. The van der Waals surface area contributed by atoms with Gasteiger partial charge in [-0.3, -0.25) is 0 Å². The van der Waals surface area contributed by atoms with Crippen molar-refractivity contribution in [3.05, 3.63) is 40.1 Å². The monoisotopic (exact) mass is 278 g/mol. The van der Waals surface area contributed by atoms with Crippen LogP contribution in [-0.4, -0.2) is 14.7 Å². The highest BCUT2D eigenvalue weighted by Crippen LogP contribution is 2.34. The van der Waals surface area contributed by atoms with Crippen LogP contribution in [0.4, 0.5) is 0 Å². The molecule has 0 aliphatic heterocycles. The summed E-state index contributed by atoms with van der Waals surface area (Å²) in [5, 5.41) is 10.5. The molecule has 0 spiro atoms. The van der Waals surface area contributed by atoms with Crippen LogP contribution in [0, 0.1) is 0 Å². The third-order valence-corrected chi connectivity index (χ3v) is 4.66. The van der Waals surface area contributed by atoms with Crippen LogP contribution in [0.15, 0.2) is 24.5 Å². The van der Waals surface area contributed by atoms with Crippen molar-refractivity contribution in [2.75, 3.05) is 0 Å². The van der Waals surface area contributed by atoms with Crippen molar-refractivity contribution >= 4 is 11.3 Å². The summed E-state index contributed by atoms with van der Waals surface area (Å²) in [7, 11) is 0. The molecule has 0 radical (unpaired) electrons. The van der Waals surface area contributed by atoms with E-state index in [9.17, 15) is 5.11 Å². The molecule has 2 rings (SSSR count). The first-order chi connectivity index (χ1) is 8.93. The van der Waals surface area contributed by atoms with Crippen molar-refractivity contribution in [2.45, 2.75) is 52.2 Å². The van der Waals surface area contributed by atoms with E-state index in [0.717, 1.165) is 23.7 Å². The van der Waals surface area contributed by atoms with Crippen molar-refractivity contribution in [1.29, 1.82) is 0 Å². The number of aromatic nitrogens is 2. The quantitative estimate of drug-likeness (QED) is 0.925. The Kier molecular flexibility index (Phi) is 4.11. The van der Waals surface area contributed by atoms with Gasteiger partial charge in [0.1, 0.15) is 11.9 Å². The average Bonchev–Trinajstić information content (AvgIpc) is 2.96. The van der Waals surface area contributed by atoms with Gasteiger partial charge in [0.25, 0.3) is 0 Å². The van der Waals surface area contributed by atoms with Crippen LogP contribution in [0.5, 0.6) is 0 Å². The summed E-state index contributed by atoms with van der Waals surface area (Å²) in [4.78, 5) is 6.56. The number of thiophene rings is 1. The van der Waals surface area contributed by atoms with Crippen LogP contribution in [-0.2, 0) is 12.0 Å². The number of rotatable bonds is 4. The molecular formula is C15H22N2OS. The molecule has 3 nitrogen and oxygen atoms in total. The number of nitrogens with zero attached hydrogens (tertiary/aromatic N) is 2. The smallest absolute Gasteiger partial charge is 0.146 e. The van der Waals surface area contributed by atoms with Gasteiger partial charge in [-0.05, 0) is 24.0 Å².